The van der Waals surface area contributed by atoms with Crippen molar-refractivity contribution in [3.8, 4) is 0 Å². The van der Waals surface area contributed by atoms with E-state index in [1.165, 1.54) is 49.4 Å². The molecule has 3 N–H and O–H groups in total. The third kappa shape index (κ3) is 6.36. The highest BCUT2D eigenvalue weighted by molar-refractivity contribution is 5.90. The van der Waals surface area contributed by atoms with Gasteiger partial charge in [0.15, 0.2) is 0 Å². The minimum Gasteiger partial charge on any atom is -0.480 e. The van der Waals surface area contributed by atoms with E-state index in [4.69, 9.17) is 0 Å². The molecule has 30 heavy (non-hydrogen) atoms. The van der Waals surface area contributed by atoms with Gasteiger partial charge in [0.05, 0.1) is 4.92 Å². The first-order valence-electron chi connectivity index (χ1n) is 8.94. The second-order valence-corrected chi connectivity index (χ2v) is 6.58. The molecule has 0 heterocycles. The van der Waals surface area contributed by atoms with Crippen molar-refractivity contribution in [2.45, 2.75) is 31.8 Å². The van der Waals surface area contributed by atoms with Gasteiger partial charge < -0.3 is 15.7 Å². The summed E-state index contributed by atoms with van der Waals surface area (Å²) in [6, 6.07) is 8.45. The van der Waals surface area contributed by atoms with E-state index in [2.05, 4.69) is 10.6 Å². The second kappa shape index (κ2) is 10.1. The van der Waals surface area contributed by atoms with Gasteiger partial charge in [0.25, 0.3) is 5.69 Å². The molecule has 9 nitrogen and oxygen atoms in total. The lowest BCUT2D eigenvalue weighted by Crippen LogP contribution is -2.52. The maximum atomic E-state index is 13.9. The van der Waals surface area contributed by atoms with E-state index < -0.39 is 40.6 Å². The number of amides is 2. The SMILES string of the molecule is CC(=O)N[C@H](Cc1ccccc1F)C(=O)N[C@H](Cc1ccc([N+](=O)[O-])cc1)C(=O)O. The van der Waals surface area contributed by atoms with Crippen molar-refractivity contribution in [3.05, 3.63) is 75.6 Å². The summed E-state index contributed by atoms with van der Waals surface area (Å²) < 4.78 is 13.9. The molecular weight excluding hydrogens is 397 g/mol. The van der Waals surface area contributed by atoms with Crippen LogP contribution in [0.4, 0.5) is 10.1 Å². The van der Waals surface area contributed by atoms with E-state index >= 15 is 0 Å². The van der Waals surface area contributed by atoms with E-state index in [0.717, 1.165) is 0 Å². The molecular formula is C20H20FN3O6. The molecule has 0 saturated heterocycles. The summed E-state index contributed by atoms with van der Waals surface area (Å²) in [5, 5.41) is 24.9. The molecule has 0 aliphatic heterocycles. The Labute approximate surface area is 171 Å². The van der Waals surface area contributed by atoms with Gasteiger partial charge in [0.2, 0.25) is 11.8 Å². The molecule has 2 aromatic carbocycles. The number of carboxylic acid groups (broad SMARTS) is 1. The molecule has 0 aliphatic rings. The van der Waals surface area contributed by atoms with Crippen molar-refractivity contribution in [2.75, 3.05) is 0 Å². The first-order chi connectivity index (χ1) is 14.2. The van der Waals surface area contributed by atoms with Crippen LogP contribution in [0.2, 0.25) is 0 Å². The smallest absolute Gasteiger partial charge is 0.326 e. The number of hydrogen-bond donors (Lipinski definition) is 3. The van der Waals surface area contributed by atoms with Crippen LogP contribution in [0.3, 0.4) is 0 Å². The average Bonchev–Trinajstić information content (AvgIpc) is 2.68. The Kier molecular flexibility index (Phi) is 7.56. The lowest BCUT2D eigenvalue weighted by Gasteiger charge is -2.21. The number of nitrogens with zero attached hydrogens (tertiary/aromatic N) is 1. The molecule has 0 aromatic heterocycles. The van der Waals surface area contributed by atoms with Crippen molar-refractivity contribution in [1.29, 1.82) is 0 Å². The van der Waals surface area contributed by atoms with E-state index in [-0.39, 0.29) is 24.1 Å². The second-order valence-electron chi connectivity index (χ2n) is 6.58. The number of carboxylic acids is 1. The number of benzene rings is 2. The molecule has 158 valence electrons. The monoisotopic (exact) mass is 417 g/mol. The van der Waals surface area contributed by atoms with Gasteiger partial charge in [-0.25, -0.2) is 9.18 Å². The summed E-state index contributed by atoms with van der Waals surface area (Å²) in [7, 11) is 0. The topological polar surface area (TPSA) is 139 Å². The number of aliphatic carboxylic acids is 1. The molecule has 2 aromatic rings. The van der Waals surface area contributed by atoms with Crippen LogP contribution in [-0.2, 0) is 27.2 Å². The normalized spacial score (nSPS) is 12.5. The fourth-order valence-electron chi connectivity index (χ4n) is 2.80. The number of nitro benzene ring substituents is 1. The summed E-state index contributed by atoms with van der Waals surface area (Å²) in [6.45, 7) is 1.19. The van der Waals surface area contributed by atoms with Crippen molar-refractivity contribution in [1.82, 2.24) is 10.6 Å². The fraction of sp³-hybridized carbons (Fsp3) is 0.250. The number of carbonyl (C=O) groups excluding carboxylic acids is 2. The summed E-state index contributed by atoms with van der Waals surface area (Å²) >= 11 is 0. The predicted octanol–water partition coefficient (Wildman–Crippen LogP) is 1.59. The summed E-state index contributed by atoms with van der Waals surface area (Å²) in [5.74, 6) is -3.20. The van der Waals surface area contributed by atoms with Crippen LogP contribution < -0.4 is 10.6 Å². The summed E-state index contributed by atoms with van der Waals surface area (Å²) in [6.07, 6.45) is -0.298. The predicted molar refractivity (Wildman–Crippen MR) is 104 cm³/mol. The van der Waals surface area contributed by atoms with Gasteiger partial charge in [-0.15, -0.1) is 0 Å². The number of carbonyl (C=O) groups is 3. The maximum absolute atomic E-state index is 13.9. The molecule has 0 bridgehead atoms. The lowest BCUT2D eigenvalue weighted by molar-refractivity contribution is -0.384. The molecule has 2 atom stereocenters. The number of nitro groups is 1. The molecule has 0 fully saturated rings. The zero-order chi connectivity index (χ0) is 22.3. The number of halogens is 1. The minimum atomic E-state index is -1.35. The first kappa shape index (κ1) is 22.5. The lowest BCUT2D eigenvalue weighted by atomic mass is 10.0. The Hall–Kier alpha value is -3.82. The largest absolute Gasteiger partial charge is 0.480 e. The zero-order valence-electron chi connectivity index (χ0n) is 16.0. The highest BCUT2D eigenvalue weighted by atomic mass is 19.1. The molecule has 0 spiro atoms. The number of nitrogens with one attached hydrogen (secondary N) is 2. The number of hydrogen-bond acceptors (Lipinski definition) is 5. The molecule has 2 amide bonds. The molecule has 0 saturated carbocycles. The zero-order valence-corrected chi connectivity index (χ0v) is 16.0. The third-order valence-electron chi connectivity index (χ3n) is 4.28. The van der Waals surface area contributed by atoms with Crippen LogP contribution in [0.25, 0.3) is 0 Å². The van der Waals surface area contributed by atoms with Crippen LogP contribution in [-0.4, -0.2) is 39.9 Å². The maximum Gasteiger partial charge on any atom is 0.326 e. The van der Waals surface area contributed by atoms with E-state index in [0.29, 0.717) is 5.56 Å². The van der Waals surface area contributed by atoms with Gasteiger partial charge in [-0.1, -0.05) is 30.3 Å². The van der Waals surface area contributed by atoms with Crippen LogP contribution in [0.15, 0.2) is 48.5 Å². The molecule has 10 heteroatoms. The Balaban J connectivity index is 2.14. The van der Waals surface area contributed by atoms with Gasteiger partial charge in [-0.2, -0.15) is 0 Å². The Morgan fingerprint density at radius 1 is 1.03 bits per heavy atom. The van der Waals surface area contributed by atoms with Gasteiger partial charge in [-0.05, 0) is 17.2 Å². The minimum absolute atomic E-state index is 0.133. The van der Waals surface area contributed by atoms with Crippen molar-refractivity contribution in [2.24, 2.45) is 0 Å². The Morgan fingerprint density at radius 2 is 1.67 bits per heavy atom. The van der Waals surface area contributed by atoms with Gasteiger partial charge >= 0.3 is 5.97 Å². The van der Waals surface area contributed by atoms with Crippen molar-refractivity contribution >= 4 is 23.5 Å². The van der Waals surface area contributed by atoms with Crippen LogP contribution in [0.1, 0.15) is 18.1 Å². The molecule has 0 aliphatic carbocycles. The first-order valence-corrected chi connectivity index (χ1v) is 8.94. The van der Waals surface area contributed by atoms with Gasteiger partial charge in [0.1, 0.15) is 17.9 Å². The quantitative estimate of drug-likeness (QED) is 0.418. The highest BCUT2D eigenvalue weighted by Gasteiger charge is 2.27. The fourth-order valence-corrected chi connectivity index (χ4v) is 2.80. The van der Waals surface area contributed by atoms with Gasteiger partial charge in [0, 0.05) is 31.9 Å². The van der Waals surface area contributed by atoms with Crippen molar-refractivity contribution in [3.63, 3.8) is 0 Å². The number of non-ortho nitro benzene ring substituents is 1. The number of rotatable bonds is 9. The Bertz CT molecular complexity index is 948. The van der Waals surface area contributed by atoms with E-state index in [9.17, 15) is 34.0 Å². The van der Waals surface area contributed by atoms with Crippen LogP contribution in [0.5, 0.6) is 0 Å². The Morgan fingerprint density at radius 3 is 2.20 bits per heavy atom. The van der Waals surface area contributed by atoms with Crippen LogP contribution in [0, 0.1) is 15.9 Å². The summed E-state index contributed by atoms with van der Waals surface area (Å²) in [5.41, 5.74) is 0.498. The highest BCUT2D eigenvalue weighted by Crippen LogP contribution is 2.14. The van der Waals surface area contributed by atoms with E-state index in [1.54, 1.807) is 6.07 Å². The summed E-state index contributed by atoms with van der Waals surface area (Å²) in [4.78, 5) is 45.9. The molecule has 2 rings (SSSR count). The third-order valence-corrected chi connectivity index (χ3v) is 4.28. The van der Waals surface area contributed by atoms with E-state index in [1.807, 2.05) is 0 Å². The standard InChI is InChI=1S/C20H20FN3O6/c1-12(25)22-17(11-14-4-2-3-5-16(14)21)19(26)23-18(20(27)28)10-13-6-8-15(9-7-13)24(29)30/h2-9,17-18H,10-11H2,1H3,(H,22,25)(H,23,26)(H,27,28)/t17-,18-/m1/s1. The van der Waals surface area contributed by atoms with Crippen LogP contribution >= 0.6 is 0 Å². The average molecular weight is 417 g/mol. The molecule has 0 unspecified atom stereocenters. The molecule has 0 radical (unpaired) electrons. The van der Waals surface area contributed by atoms with Crippen molar-refractivity contribution < 1.29 is 28.8 Å². The van der Waals surface area contributed by atoms with Gasteiger partial charge in [-0.3, -0.25) is 19.7 Å².